The Labute approximate surface area is 118 Å². The number of nitrogens with zero attached hydrogens (tertiary/aromatic N) is 1. The van der Waals surface area contributed by atoms with Crippen molar-refractivity contribution in [2.45, 2.75) is 32.9 Å². The van der Waals surface area contributed by atoms with E-state index in [-0.39, 0.29) is 0 Å². The van der Waals surface area contributed by atoms with Gasteiger partial charge in [-0.25, -0.2) is 9.59 Å². The minimum absolute atomic E-state index is 0.390. The van der Waals surface area contributed by atoms with Crippen molar-refractivity contribution < 1.29 is 19.8 Å². The van der Waals surface area contributed by atoms with Crippen LogP contribution in [0.5, 0.6) is 0 Å². The monoisotopic (exact) mass is 280 g/mol. The molecule has 0 fully saturated rings. The van der Waals surface area contributed by atoms with E-state index in [9.17, 15) is 14.7 Å². The molecule has 2 unspecified atom stereocenters. The summed E-state index contributed by atoms with van der Waals surface area (Å²) < 4.78 is 0. The Morgan fingerprint density at radius 2 is 1.85 bits per heavy atom. The second-order valence-electron chi connectivity index (χ2n) is 4.59. The SMILES string of the molecule is CCN(C(=O)NC(C(=O)O)C(C)O)c1ccc(C)cc1. The van der Waals surface area contributed by atoms with E-state index >= 15 is 0 Å². The maximum Gasteiger partial charge on any atom is 0.328 e. The van der Waals surface area contributed by atoms with Crippen LogP contribution in [-0.2, 0) is 4.79 Å². The lowest BCUT2D eigenvalue weighted by Crippen LogP contribution is -2.52. The maximum absolute atomic E-state index is 12.1. The van der Waals surface area contributed by atoms with Crippen molar-refractivity contribution in [1.29, 1.82) is 0 Å². The number of rotatable bonds is 5. The zero-order chi connectivity index (χ0) is 15.3. The minimum atomic E-state index is -1.33. The molecule has 3 N–H and O–H groups in total. The molecule has 1 rings (SSSR count). The first-order chi connectivity index (χ1) is 9.36. The topological polar surface area (TPSA) is 89.9 Å². The number of carboxylic acids is 1. The first-order valence-corrected chi connectivity index (χ1v) is 6.42. The van der Waals surface area contributed by atoms with Crippen molar-refractivity contribution >= 4 is 17.7 Å². The van der Waals surface area contributed by atoms with E-state index in [1.807, 2.05) is 19.1 Å². The number of amides is 2. The molecule has 0 radical (unpaired) electrons. The van der Waals surface area contributed by atoms with Gasteiger partial charge >= 0.3 is 12.0 Å². The summed E-state index contributed by atoms with van der Waals surface area (Å²) in [5.74, 6) is -1.27. The van der Waals surface area contributed by atoms with Crippen LogP contribution in [-0.4, -0.2) is 40.9 Å². The smallest absolute Gasteiger partial charge is 0.328 e. The van der Waals surface area contributed by atoms with Gasteiger partial charge in [0.2, 0.25) is 0 Å². The molecule has 0 aliphatic carbocycles. The summed E-state index contributed by atoms with van der Waals surface area (Å²) in [5.41, 5.74) is 1.74. The van der Waals surface area contributed by atoms with Crippen LogP contribution in [0.1, 0.15) is 19.4 Å². The molecule has 110 valence electrons. The van der Waals surface area contributed by atoms with Gasteiger partial charge in [0.25, 0.3) is 0 Å². The van der Waals surface area contributed by atoms with Crippen LogP contribution in [0, 0.1) is 6.92 Å². The largest absolute Gasteiger partial charge is 0.480 e. The van der Waals surface area contributed by atoms with Crippen molar-refractivity contribution in [3.63, 3.8) is 0 Å². The molecule has 6 heteroatoms. The van der Waals surface area contributed by atoms with Crippen molar-refractivity contribution in [1.82, 2.24) is 5.32 Å². The standard InChI is InChI=1S/C14H20N2O4/c1-4-16(11-7-5-9(2)6-8-11)14(20)15-12(10(3)17)13(18)19/h5-8,10,12,17H,4H2,1-3H3,(H,15,20)(H,18,19). The summed E-state index contributed by atoms with van der Waals surface area (Å²) in [6.45, 7) is 5.44. The third-order valence-corrected chi connectivity index (χ3v) is 2.93. The fraction of sp³-hybridized carbons (Fsp3) is 0.429. The van der Waals surface area contributed by atoms with Crippen molar-refractivity contribution in [3.8, 4) is 0 Å². The molecule has 0 aromatic heterocycles. The van der Waals surface area contributed by atoms with Crippen LogP contribution in [0.15, 0.2) is 24.3 Å². The number of aliphatic carboxylic acids is 1. The molecule has 0 bridgehead atoms. The van der Waals surface area contributed by atoms with Crippen LogP contribution in [0.2, 0.25) is 0 Å². The molecule has 6 nitrogen and oxygen atoms in total. The number of carbonyl (C=O) groups is 2. The first kappa shape index (κ1) is 16.0. The fourth-order valence-electron chi connectivity index (χ4n) is 1.77. The molecule has 1 aromatic carbocycles. The van der Waals surface area contributed by atoms with Gasteiger partial charge in [0.1, 0.15) is 0 Å². The van der Waals surface area contributed by atoms with Crippen LogP contribution in [0.3, 0.4) is 0 Å². The fourth-order valence-corrected chi connectivity index (χ4v) is 1.77. The molecule has 0 aliphatic heterocycles. The van der Waals surface area contributed by atoms with Gasteiger partial charge in [-0.2, -0.15) is 0 Å². The Bertz CT molecular complexity index is 471. The Hall–Kier alpha value is -2.08. The summed E-state index contributed by atoms with van der Waals surface area (Å²) in [6, 6.07) is 5.43. The number of aliphatic hydroxyl groups is 1. The van der Waals surface area contributed by atoms with E-state index in [1.165, 1.54) is 11.8 Å². The third-order valence-electron chi connectivity index (χ3n) is 2.93. The second-order valence-corrected chi connectivity index (χ2v) is 4.59. The molecule has 20 heavy (non-hydrogen) atoms. The van der Waals surface area contributed by atoms with E-state index in [0.717, 1.165) is 5.56 Å². The van der Waals surface area contributed by atoms with Gasteiger partial charge in [-0.1, -0.05) is 17.7 Å². The Morgan fingerprint density at radius 1 is 1.30 bits per heavy atom. The summed E-state index contributed by atoms with van der Waals surface area (Å²) >= 11 is 0. The van der Waals surface area contributed by atoms with Gasteiger partial charge in [0.05, 0.1) is 6.10 Å². The predicted molar refractivity (Wildman–Crippen MR) is 75.8 cm³/mol. The zero-order valence-electron chi connectivity index (χ0n) is 11.8. The van der Waals surface area contributed by atoms with Crippen molar-refractivity contribution in [3.05, 3.63) is 29.8 Å². The summed E-state index contributed by atoms with van der Waals surface area (Å²) in [6.07, 6.45) is -1.17. The highest BCUT2D eigenvalue weighted by atomic mass is 16.4. The van der Waals surface area contributed by atoms with Gasteiger partial charge in [-0.3, -0.25) is 4.90 Å². The van der Waals surface area contributed by atoms with E-state index in [1.54, 1.807) is 19.1 Å². The Morgan fingerprint density at radius 3 is 2.25 bits per heavy atom. The lowest BCUT2D eigenvalue weighted by atomic mass is 10.2. The number of hydrogen-bond acceptors (Lipinski definition) is 3. The number of hydrogen-bond donors (Lipinski definition) is 3. The molecule has 2 atom stereocenters. The number of urea groups is 1. The minimum Gasteiger partial charge on any atom is -0.480 e. The van der Waals surface area contributed by atoms with E-state index in [4.69, 9.17) is 5.11 Å². The molecule has 0 aliphatic rings. The quantitative estimate of drug-likeness (QED) is 0.759. The summed E-state index contributed by atoms with van der Waals surface area (Å²) in [5, 5.41) is 20.7. The van der Waals surface area contributed by atoms with Gasteiger partial charge < -0.3 is 15.5 Å². The van der Waals surface area contributed by atoms with E-state index < -0.39 is 24.1 Å². The van der Waals surface area contributed by atoms with Gasteiger partial charge in [0, 0.05) is 12.2 Å². The third kappa shape index (κ3) is 3.96. The molecule has 2 amide bonds. The van der Waals surface area contributed by atoms with Crippen LogP contribution >= 0.6 is 0 Å². The normalized spacial score (nSPS) is 13.4. The number of aryl methyl sites for hydroxylation is 1. The van der Waals surface area contributed by atoms with Crippen molar-refractivity contribution in [2.75, 3.05) is 11.4 Å². The van der Waals surface area contributed by atoms with Gasteiger partial charge in [-0.15, -0.1) is 0 Å². The second kappa shape index (κ2) is 6.91. The molecule has 0 heterocycles. The number of benzene rings is 1. The van der Waals surface area contributed by atoms with Crippen molar-refractivity contribution in [2.24, 2.45) is 0 Å². The molecular weight excluding hydrogens is 260 g/mol. The number of aliphatic hydroxyl groups excluding tert-OH is 1. The number of nitrogens with one attached hydrogen (secondary N) is 1. The Kier molecular flexibility index (Phi) is 5.52. The van der Waals surface area contributed by atoms with Crippen LogP contribution in [0.25, 0.3) is 0 Å². The lowest BCUT2D eigenvalue weighted by Gasteiger charge is -2.25. The first-order valence-electron chi connectivity index (χ1n) is 6.42. The van der Waals surface area contributed by atoms with Crippen LogP contribution in [0.4, 0.5) is 10.5 Å². The highest BCUT2D eigenvalue weighted by molar-refractivity contribution is 5.94. The molecule has 1 aromatic rings. The molecule has 0 saturated carbocycles. The lowest BCUT2D eigenvalue weighted by molar-refractivity contribution is -0.141. The van der Waals surface area contributed by atoms with E-state index in [0.29, 0.717) is 12.2 Å². The molecular formula is C14H20N2O4. The number of carbonyl (C=O) groups excluding carboxylic acids is 1. The highest BCUT2D eigenvalue weighted by Crippen LogP contribution is 2.15. The summed E-state index contributed by atoms with van der Waals surface area (Å²) in [7, 11) is 0. The average molecular weight is 280 g/mol. The Balaban J connectivity index is 2.87. The molecule has 0 spiro atoms. The van der Waals surface area contributed by atoms with Gasteiger partial charge in [-0.05, 0) is 32.9 Å². The zero-order valence-corrected chi connectivity index (χ0v) is 11.8. The predicted octanol–water partition coefficient (Wildman–Crippen LogP) is 1.36. The maximum atomic E-state index is 12.1. The number of carboxylic acid groups (broad SMARTS) is 1. The van der Waals surface area contributed by atoms with E-state index in [2.05, 4.69) is 5.32 Å². The summed E-state index contributed by atoms with van der Waals surface area (Å²) in [4.78, 5) is 24.5. The number of anilines is 1. The van der Waals surface area contributed by atoms with Gasteiger partial charge in [0.15, 0.2) is 6.04 Å². The van der Waals surface area contributed by atoms with Crippen LogP contribution < -0.4 is 10.2 Å². The molecule has 0 saturated heterocycles. The highest BCUT2D eigenvalue weighted by Gasteiger charge is 2.27. The average Bonchev–Trinajstić information content (AvgIpc) is 2.38.